The molecule has 0 radical (unpaired) electrons. The van der Waals surface area contributed by atoms with Gasteiger partial charge in [-0.3, -0.25) is 19.1 Å². The largest absolute Gasteiger partial charge is 0.342 e. The van der Waals surface area contributed by atoms with Crippen LogP contribution in [0.1, 0.15) is 49.5 Å². The van der Waals surface area contributed by atoms with E-state index >= 15 is 0 Å². The normalized spacial score (nSPS) is 18.8. The lowest BCUT2D eigenvalue weighted by atomic mass is 9.96. The number of amides is 1. The summed E-state index contributed by atoms with van der Waals surface area (Å²) < 4.78 is 3.84. The van der Waals surface area contributed by atoms with E-state index in [9.17, 15) is 14.4 Å². The van der Waals surface area contributed by atoms with Gasteiger partial charge in [-0.2, -0.15) is 0 Å². The Morgan fingerprint density at radius 3 is 2.90 bits per heavy atom. The summed E-state index contributed by atoms with van der Waals surface area (Å²) in [5.74, 6) is 1.42. The van der Waals surface area contributed by atoms with Crippen molar-refractivity contribution in [3.63, 3.8) is 0 Å². The lowest BCUT2D eigenvalue weighted by Gasteiger charge is -2.33. The monoisotopic (exact) mass is 421 g/mol. The van der Waals surface area contributed by atoms with E-state index in [0.29, 0.717) is 17.4 Å². The molecule has 2 aliphatic heterocycles. The quantitative estimate of drug-likeness (QED) is 0.698. The summed E-state index contributed by atoms with van der Waals surface area (Å²) in [5.41, 5.74) is 1.00. The van der Waals surface area contributed by atoms with E-state index < -0.39 is 11.2 Å². The van der Waals surface area contributed by atoms with Crippen molar-refractivity contribution in [2.75, 3.05) is 13.1 Å². The Labute approximate surface area is 179 Å². The number of hydrogen-bond donors (Lipinski definition) is 1. The van der Waals surface area contributed by atoms with Gasteiger partial charge < -0.3 is 9.47 Å². The minimum atomic E-state index is -0.475. The number of H-pyrrole nitrogens is 1. The Morgan fingerprint density at radius 2 is 2.00 bits per heavy atom. The number of aromatic nitrogens is 4. The summed E-state index contributed by atoms with van der Waals surface area (Å²) in [5, 5.41) is 0.455. The van der Waals surface area contributed by atoms with Crippen molar-refractivity contribution >= 4 is 16.8 Å². The summed E-state index contributed by atoms with van der Waals surface area (Å²) >= 11 is 0. The molecule has 162 valence electrons. The zero-order valence-corrected chi connectivity index (χ0v) is 17.5. The van der Waals surface area contributed by atoms with Crippen molar-refractivity contribution in [3.05, 3.63) is 62.8 Å². The molecule has 0 unspecified atom stereocenters. The second kappa shape index (κ2) is 8.17. The molecule has 5 rings (SSSR count). The third-order valence-electron chi connectivity index (χ3n) is 6.63. The number of rotatable bonds is 4. The fourth-order valence-corrected chi connectivity index (χ4v) is 5.03. The minimum absolute atomic E-state index is 0.0392. The van der Waals surface area contributed by atoms with Crippen LogP contribution >= 0.6 is 0 Å². The van der Waals surface area contributed by atoms with Gasteiger partial charge in [0.25, 0.3) is 5.56 Å². The number of imidazole rings is 1. The highest BCUT2D eigenvalue weighted by Crippen LogP contribution is 2.29. The predicted octanol–water partition coefficient (Wildman–Crippen LogP) is 2.02. The highest BCUT2D eigenvalue weighted by atomic mass is 16.2. The van der Waals surface area contributed by atoms with Crippen LogP contribution in [-0.2, 0) is 24.3 Å². The van der Waals surface area contributed by atoms with Crippen molar-refractivity contribution in [1.82, 2.24) is 24.0 Å². The summed E-state index contributed by atoms with van der Waals surface area (Å²) in [6.45, 7) is 2.69. The summed E-state index contributed by atoms with van der Waals surface area (Å²) in [6, 6.07) is 6.99. The fraction of sp³-hybridized carbons (Fsp3) is 0.478. The van der Waals surface area contributed by atoms with E-state index in [-0.39, 0.29) is 24.8 Å². The smallest absolute Gasteiger partial charge is 0.328 e. The average molecular weight is 422 g/mol. The molecule has 0 spiro atoms. The molecule has 1 fully saturated rings. The van der Waals surface area contributed by atoms with E-state index in [2.05, 4.69) is 9.55 Å². The van der Waals surface area contributed by atoms with Crippen LogP contribution in [0.3, 0.4) is 0 Å². The van der Waals surface area contributed by atoms with Gasteiger partial charge in [-0.05, 0) is 44.2 Å². The molecule has 0 bridgehead atoms. The topological polar surface area (TPSA) is 93.0 Å². The molecule has 2 aliphatic rings. The lowest BCUT2D eigenvalue weighted by molar-refractivity contribution is -0.132. The molecular formula is C23H27N5O3. The van der Waals surface area contributed by atoms with Crippen LogP contribution in [0, 0.1) is 0 Å². The molecule has 1 aromatic carbocycles. The maximum atomic E-state index is 13.0. The van der Waals surface area contributed by atoms with Gasteiger partial charge in [0.15, 0.2) is 0 Å². The summed E-state index contributed by atoms with van der Waals surface area (Å²) in [6.07, 6.45) is 7.73. The average Bonchev–Trinajstić information content (AvgIpc) is 3.23. The van der Waals surface area contributed by atoms with Gasteiger partial charge in [-0.15, -0.1) is 0 Å². The van der Waals surface area contributed by atoms with Gasteiger partial charge in [0.2, 0.25) is 5.91 Å². The molecule has 8 nitrogen and oxygen atoms in total. The van der Waals surface area contributed by atoms with Crippen LogP contribution in [0.5, 0.6) is 0 Å². The molecule has 1 atom stereocenters. The number of aromatic amines is 1. The third kappa shape index (κ3) is 3.71. The molecule has 3 aromatic rings. The molecule has 31 heavy (non-hydrogen) atoms. The van der Waals surface area contributed by atoms with Crippen LogP contribution < -0.4 is 11.2 Å². The molecule has 1 amide bonds. The maximum Gasteiger partial charge on any atom is 0.328 e. The number of carbonyl (C=O) groups is 1. The Morgan fingerprint density at radius 1 is 1.13 bits per heavy atom. The van der Waals surface area contributed by atoms with Crippen molar-refractivity contribution in [1.29, 1.82) is 0 Å². The van der Waals surface area contributed by atoms with E-state index in [1.807, 2.05) is 11.1 Å². The minimum Gasteiger partial charge on any atom is -0.342 e. The first-order valence-corrected chi connectivity index (χ1v) is 11.2. The van der Waals surface area contributed by atoms with E-state index in [1.165, 1.54) is 23.1 Å². The second-order valence-corrected chi connectivity index (χ2v) is 8.57. The molecule has 8 heteroatoms. The molecule has 1 N–H and O–H groups in total. The highest BCUT2D eigenvalue weighted by molar-refractivity contribution is 5.79. The second-order valence-electron chi connectivity index (χ2n) is 8.57. The molecule has 2 aromatic heterocycles. The summed E-state index contributed by atoms with van der Waals surface area (Å²) in [4.78, 5) is 46.4. The van der Waals surface area contributed by atoms with Crippen LogP contribution in [0.15, 0.2) is 40.1 Å². The lowest BCUT2D eigenvalue weighted by Crippen LogP contribution is -2.41. The van der Waals surface area contributed by atoms with E-state index in [0.717, 1.165) is 38.2 Å². The zero-order chi connectivity index (χ0) is 21.4. The van der Waals surface area contributed by atoms with Gasteiger partial charge >= 0.3 is 5.69 Å². The molecule has 0 saturated carbocycles. The SMILES string of the molecule is O=C(CCn1c(=O)[nH]c(=O)c2ccccc21)N1CCC[C@H](c2ncc3n2CCCC3)C1. The molecule has 1 saturated heterocycles. The standard InChI is InChI=1S/C23H27N5O3/c29-20(10-13-28-19-9-2-1-8-18(19)22(30)25-23(28)31)26-11-5-6-16(15-26)21-24-14-17-7-3-4-12-27(17)21/h1-2,8-9,14,16H,3-7,10-13,15H2,(H,25,30,31)/t16-/m0/s1. The zero-order valence-electron chi connectivity index (χ0n) is 17.5. The fourth-order valence-electron chi connectivity index (χ4n) is 5.03. The van der Waals surface area contributed by atoms with Crippen molar-refractivity contribution in [2.24, 2.45) is 0 Å². The number of nitrogens with zero attached hydrogens (tertiary/aromatic N) is 4. The van der Waals surface area contributed by atoms with Crippen LogP contribution in [0.25, 0.3) is 10.9 Å². The van der Waals surface area contributed by atoms with Gasteiger partial charge in [0.1, 0.15) is 5.82 Å². The maximum absolute atomic E-state index is 13.0. The Kier molecular flexibility index (Phi) is 5.21. The van der Waals surface area contributed by atoms with Crippen molar-refractivity contribution < 1.29 is 4.79 Å². The van der Waals surface area contributed by atoms with Gasteiger partial charge in [-0.1, -0.05) is 12.1 Å². The molecule has 4 heterocycles. The Hall–Kier alpha value is -3.16. The van der Waals surface area contributed by atoms with Crippen LogP contribution in [-0.4, -0.2) is 43.0 Å². The van der Waals surface area contributed by atoms with Gasteiger partial charge in [-0.25, -0.2) is 9.78 Å². The van der Waals surface area contributed by atoms with Gasteiger partial charge in [0, 0.05) is 50.4 Å². The Bertz CT molecular complexity index is 1240. The van der Waals surface area contributed by atoms with Crippen LogP contribution in [0.2, 0.25) is 0 Å². The first-order chi connectivity index (χ1) is 15.1. The number of piperidine rings is 1. The first-order valence-electron chi connectivity index (χ1n) is 11.2. The van der Waals surface area contributed by atoms with Crippen LogP contribution in [0.4, 0.5) is 0 Å². The number of hydrogen-bond acceptors (Lipinski definition) is 4. The number of aryl methyl sites for hydroxylation is 2. The predicted molar refractivity (Wildman–Crippen MR) is 117 cm³/mol. The molecular weight excluding hydrogens is 394 g/mol. The van der Waals surface area contributed by atoms with Gasteiger partial charge in [0.05, 0.1) is 10.9 Å². The van der Waals surface area contributed by atoms with E-state index in [1.54, 1.807) is 24.3 Å². The first kappa shape index (κ1) is 19.8. The number of fused-ring (bicyclic) bond motifs is 2. The molecule has 0 aliphatic carbocycles. The number of benzene rings is 1. The summed E-state index contributed by atoms with van der Waals surface area (Å²) in [7, 11) is 0. The number of nitrogens with one attached hydrogen (secondary N) is 1. The van der Waals surface area contributed by atoms with Crippen molar-refractivity contribution in [2.45, 2.75) is 57.5 Å². The number of carbonyl (C=O) groups excluding carboxylic acids is 1. The van der Waals surface area contributed by atoms with E-state index in [4.69, 9.17) is 4.98 Å². The Balaban J connectivity index is 1.30. The number of para-hydroxylation sites is 1. The van der Waals surface area contributed by atoms with Crippen molar-refractivity contribution in [3.8, 4) is 0 Å². The number of likely N-dealkylation sites (tertiary alicyclic amines) is 1. The highest BCUT2D eigenvalue weighted by Gasteiger charge is 2.29. The third-order valence-corrected chi connectivity index (χ3v) is 6.63.